The zero-order valence-corrected chi connectivity index (χ0v) is 15.1. The molecule has 5 nitrogen and oxygen atoms in total. The SMILES string of the molecule is Cc1cc(C(=O)Nc2ccc3c(C(C)(C)C)cc(=O)[nH]c3c2)c(C)o1. The monoisotopic (exact) mass is 338 g/mol. The molecule has 5 heteroatoms. The van der Waals surface area contributed by atoms with Crippen molar-refractivity contribution in [3.63, 3.8) is 0 Å². The molecule has 0 radical (unpaired) electrons. The van der Waals surface area contributed by atoms with Crippen LogP contribution in [0.2, 0.25) is 0 Å². The van der Waals surface area contributed by atoms with E-state index >= 15 is 0 Å². The van der Waals surface area contributed by atoms with E-state index in [-0.39, 0.29) is 16.9 Å². The van der Waals surface area contributed by atoms with Crippen LogP contribution in [0.3, 0.4) is 0 Å². The second-order valence-corrected chi connectivity index (χ2v) is 7.34. The fourth-order valence-corrected chi connectivity index (χ4v) is 3.01. The van der Waals surface area contributed by atoms with Gasteiger partial charge in [0.1, 0.15) is 11.5 Å². The summed E-state index contributed by atoms with van der Waals surface area (Å²) in [5, 5.41) is 3.83. The molecule has 1 amide bonds. The molecule has 1 aromatic carbocycles. The lowest BCUT2D eigenvalue weighted by molar-refractivity contribution is 0.102. The van der Waals surface area contributed by atoms with Crippen molar-refractivity contribution in [1.82, 2.24) is 4.98 Å². The summed E-state index contributed by atoms with van der Waals surface area (Å²) >= 11 is 0. The van der Waals surface area contributed by atoms with Gasteiger partial charge in [-0.1, -0.05) is 26.8 Å². The molecule has 0 bridgehead atoms. The van der Waals surface area contributed by atoms with Gasteiger partial charge in [0.25, 0.3) is 5.91 Å². The highest BCUT2D eigenvalue weighted by Crippen LogP contribution is 2.29. The Hall–Kier alpha value is -2.82. The third kappa shape index (κ3) is 3.36. The quantitative estimate of drug-likeness (QED) is 0.732. The van der Waals surface area contributed by atoms with E-state index in [0.717, 1.165) is 10.9 Å². The Labute approximate surface area is 146 Å². The van der Waals surface area contributed by atoms with Crippen molar-refractivity contribution >= 4 is 22.5 Å². The maximum absolute atomic E-state index is 12.4. The Morgan fingerprint density at radius 3 is 2.44 bits per heavy atom. The summed E-state index contributed by atoms with van der Waals surface area (Å²) in [7, 11) is 0. The van der Waals surface area contributed by atoms with E-state index in [1.807, 2.05) is 12.1 Å². The first-order chi connectivity index (χ1) is 11.6. The van der Waals surface area contributed by atoms with Crippen molar-refractivity contribution in [1.29, 1.82) is 0 Å². The highest BCUT2D eigenvalue weighted by atomic mass is 16.3. The topological polar surface area (TPSA) is 75.1 Å². The number of nitrogens with one attached hydrogen (secondary N) is 2. The molecule has 0 saturated heterocycles. The number of furan rings is 1. The van der Waals surface area contributed by atoms with Crippen molar-refractivity contribution in [2.45, 2.75) is 40.0 Å². The van der Waals surface area contributed by atoms with Crippen LogP contribution in [0.15, 0.2) is 39.5 Å². The summed E-state index contributed by atoms with van der Waals surface area (Å²) in [4.78, 5) is 27.3. The molecular formula is C20H22N2O3. The molecule has 2 heterocycles. The molecule has 130 valence electrons. The number of hydrogen-bond donors (Lipinski definition) is 2. The number of benzene rings is 1. The van der Waals surface area contributed by atoms with Crippen LogP contribution < -0.4 is 10.9 Å². The third-order valence-corrected chi connectivity index (χ3v) is 4.19. The lowest BCUT2D eigenvalue weighted by Crippen LogP contribution is -2.17. The maximum atomic E-state index is 12.4. The largest absolute Gasteiger partial charge is 0.466 e. The Morgan fingerprint density at radius 2 is 1.84 bits per heavy atom. The highest BCUT2D eigenvalue weighted by Gasteiger charge is 2.19. The summed E-state index contributed by atoms with van der Waals surface area (Å²) in [6, 6.07) is 8.90. The minimum Gasteiger partial charge on any atom is -0.466 e. The van der Waals surface area contributed by atoms with Gasteiger partial charge >= 0.3 is 0 Å². The normalized spacial score (nSPS) is 11.7. The van der Waals surface area contributed by atoms with Gasteiger partial charge in [-0.15, -0.1) is 0 Å². The first-order valence-corrected chi connectivity index (χ1v) is 8.21. The van der Waals surface area contributed by atoms with Crippen LogP contribution in [0.4, 0.5) is 5.69 Å². The number of carbonyl (C=O) groups is 1. The summed E-state index contributed by atoms with van der Waals surface area (Å²) in [5.74, 6) is 1.04. The molecule has 0 unspecified atom stereocenters. The van der Waals surface area contributed by atoms with Gasteiger partial charge in [0, 0.05) is 17.1 Å². The summed E-state index contributed by atoms with van der Waals surface area (Å²) < 4.78 is 5.40. The van der Waals surface area contributed by atoms with E-state index in [1.54, 1.807) is 32.0 Å². The number of amides is 1. The Balaban J connectivity index is 2.01. The van der Waals surface area contributed by atoms with Gasteiger partial charge in [-0.3, -0.25) is 9.59 Å². The van der Waals surface area contributed by atoms with E-state index in [4.69, 9.17) is 4.42 Å². The standard InChI is InChI=1S/C20H22N2O3/c1-11-8-15(12(2)25-11)19(24)21-13-6-7-14-16(20(3,4)5)10-18(23)22-17(14)9-13/h6-10H,1-5H3,(H,21,24)(H,22,23). The number of hydrogen-bond acceptors (Lipinski definition) is 3. The highest BCUT2D eigenvalue weighted by molar-refractivity contribution is 6.05. The van der Waals surface area contributed by atoms with Gasteiger partial charge in [0.2, 0.25) is 5.56 Å². The number of carbonyl (C=O) groups excluding carboxylic acids is 1. The van der Waals surface area contributed by atoms with Gasteiger partial charge in [-0.25, -0.2) is 0 Å². The van der Waals surface area contributed by atoms with E-state index in [2.05, 4.69) is 31.1 Å². The van der Waals surface area contributed by atoms with Gasteiger partial charge < -0.3 is 14.7 Å². The van der Waals surface area contributed by atoms with E-state index in [9.17, 15) is 9.59 Å². The molecule has 3 rings (SSSR count). The number of aromatic amines is 1. The lowest BCUT2D eigenvalue weighted by atomic mass is 9.85. The number of pyridine rings is 1. The van der Waals surface area contributed by atoms with Crippen LogP contribution in [0, 0.1) is 13.8 Å². The smallest absolute Gasteiger partial charge is 0.259 e. The van der Waals surface area contributed by atoms with E-state index in [0.29, 0.717) is 28.3 Å². The van der Waals surface area contributed by atoms with E-state index < -0.39 is 0 Å². The second kappa shape index (κ2) is 5.92. The van der Waals surface area contributed by atoms with E-state index in [1.165, 1.54) is 0 Å². The Kier molecular flexibility index (Phi) is 4.03. The van der Waals surface area contributed by atoms with Crippen LogP contribution in [0.5, 0.6) is 0 Å². The predicted octanol–water partition coefficient (Wildman–Crippen LogP) is 4.29. The van der Waals surface area contributed by atoms with Crippen molar-refractivity contribution in [2.75, 3.05) is 5.32 Å². The fourth-order valence-electron chi connectivity index (χ4n) is 3.01. The third-order valence-electron chi connectivity index (χ3n) is 4.19. The Morgan fingerprint density at radius 1 is 1.12 bits per heavy atom. The molecule has 0 spiro atoms. The molecule has 0 atom stereocenters. The van der Waals surface area contributed by atoms with Crippen molar-refractivity contribution in [3.05, 3.63) is 63.3 Å². The lowest BCUT2D eigenvalue weighted by Gasteiger charge is -2.21. The molecule has 0 aliphatic heterocycles. The molecule has 0 saturated carbocycles. The summed E-state index contributed by atoms with van der Waals surface area (Å²) in [6.07, 6.45) is 0. The molecule has 0 aliphatic carbocycles. The van der Waals surface area contributed by atoms with Crippen LogP contribution in [-0.4, -0.2) is 10.9 Å². The summed E-state index contributed by atoms with van der Waals surface area (Å²) in [6.45, 7) is 9.77. The fraction of sp³-hybridized carbons (Fsp3) is 0.300. The van der Waals surface area contributed by atoms with Gasteiger partial charge in [-0.05, 0) is 43.0 Å². The number of aryl methyl sites for hydroxylation is 2. The molecular weight excluding hydrogens is 316 g/mol. The maximum Gasteiger partial charge on any atom is 0.259 e. The molecule has 0 aliphatic rings. The summed E-state index contributed by atoms with van der Waals surface area (Å²) in [5.41, 5.74) is 2.51. The number of anilines is 1. The van der Waals surface area contributed by atoms with Crippen molar-refractivity contribution < 1.29 is 9.21 Å². The van der Waals surface area contributed by atoms with Gasteiger partial charge in [-0.2, -0.15) is 0 Å². The second-order valence-electron chi connectivity index (χ2n) is 7.34. The number of H-pyrrole nitrogens is 1. The van der Waals surface area contributed by atoms with Crippen LogP contribution >= 0.6 is 0 Å². The van der Waals surface area contributed by atoms with Crippen molar-refractivity contribution in [3.8, 4) is 0 Å². The number of aromatic nitrogens is 1. The van der Waals surface area contributed by atoms with Crippen molar-refractivity contribution in [2.24, 2.45) is 0 Å². The Bertz CT molecular complexity index is 1020. The average Bonchev–Trinajstić information content (AvgIpc) is 2.84. The molecule has 2 N–H and O–H groups in total. The first kappa shape index (κ1) is 17.0. The van der Waals surface area contributed by atoms with Crippen LogP contribution in [0.25, 0.3) is 10.9 Å². The zero-order valence-electron chi connectivity index (χ0n) is 15.1. The number of fused-ring (bicyclic) bond motifs is 1. The van der Waals surface area contributed by atoms with Gasteiger partial charge in [0.15, 0.2) is 0 Å². The zero-order chi connectivity index (χ0) is 18.4. The predicted molar refractivity (Wildman–Crippen MR) is 99.4 cm³/mol. The van der Waals surface area contributed by atoms with Crippen LogP contribution in [0.1, 0.15) is 48.2 Å². The molecule has 25 heavy (non-hydrogen) atoms. The first-order valence-electron chi connectivity index (χ1n) is 8.21. The molecule has 2 aromatic heterocycles. The van der Waals surface area contributed by atoms with Crippen LogP contribution in [-0.2, 0) is 5.41 Å². The number of rotatable bonds is 2. The molecule has 3 aromatic rings. The van der Waals surface area contributed by atoms with Gasteiger partial charge in [0.05, 0.1) is 11.1 Å². The minimum atomic E-state index is -0.233. The average molecular weight is 338 g/mol. The molecule has 0 fully saturated rings. The minimum absolute atomic E-state index is 0.150.